The van der Waals surface area contributed by atoms with Crippen molar-refractivity contribution in [1.29, 1.82) is 0 Å². The van der Waals surface area contributed by atoms with Gasteiger partial charge in [-0.2, -0.15) is 0 Å². The minimum absolute atomic E-state index is 0.0280. The zero-order valence-corrected chi connectivity index (χ0v) is 19.1. The fraction of sp³-hybridized carbons (Fsp3) is 0.174. The van der Waals surface area contributed by atoms with Crippen molar-refractivity contribution in [3.63, 3.8) is 0 Å². The number of aromatic nitrogens is 2. The second kappa shape index (κ2) is 9.54. The molecule has 164 valence electrons. The molecule has 32 heavy (non-hydrogen) atoms. The Morgan fingerprint density at radius 2 is 2.00 bits per heavy atom. The molecule has 4 rings (SSSR count). The normalized spacial score (nSPS) is 11.0. The summed E-state index contributed by atoms with van der Waals surface area (Å²) in [6.45, 7) is 1.97. The predicted octanol–water partition coefficient (Wildman–Crippen LogP) is 4.69. The quantitative estimate of drug-likeness (QED) is 0.314. The molecule has 2 aromatic heterocycles. The molecule has 0 fully saturated rings. The number of halogens is 1. The van der Waals surface area contributed by atoms with Crippen molar-refractivity contribution in [3.8, 4) is 5.75 Å². The number of carbonyl (C=O) groups excluding carboxylic acids is 1. The molecule has 1 amide bonds. The number of ether oxygens (including phenoxy) is 1. The van der Waals surface area contributed by atoms with E-state index in [0.717, 1.165) is 11.3 Å². The van der Waals surface area contributed by atoms with Gasteiger partial charge in [-0.1, -0.05) is 30.0 Å². The van der Waals surface area contributed by atoms with E-state index in [2.05, 4.69) is 10.3 Å². The molecule has 0 aliphatic rings. The van der Waals surface area contributed by atoms with E-state index < -0.39 is 0 Å². The van der Waals surface area contributed by atoms with Crippen molar-refractivity contribution in [2.75, 3.05) is 18.2 Å². The molecule has 2 heterocycles. The van der Waals surface area contributed by atoms with Crippen LogP contribution in [0.5, 0.6) is 5.75 Å². The van der Waals surface area contributed by atoms with Crippen LogP contribution in [0.25, 0.3) is 10.2 Å². The number of carbonyl (C=O) groups is 1. The van der Waals surface area contributed by atoms with Crippen LogP contribution in [-0.4, -0.2) is 28.3 Å². The first-order valence-electron chi connectivity index (χ1n) is 9.74. The maximum Gasteiger partial charge on any atom is 0.272 e. The van der Waals surface area contributed by atoms with Gasteiger partial charge in [0.05, 0.1) is 24.9 Å². The summed E-state index contributed by atoms with van der Waals surface area (Å²) < 4.78 is 21.1. The summed E-state index contributed by atoms with van der Waals surface area (Å²) in [5, 5.41) is 4.95. The lowest BCUT2D eigenvalue weighted by Gasteiger charge is -2.13. The van der Waals surface area contributed by atoms with Crippen molar-refractivity contribution >= 4 is 44.9 Å². The monoisotopic (exact) mass is 469 g/mol. The highest BCUT2D eigenvalue weighted by molar-refractivity contribution is 7.99. The van der Waals surface area contributed by atoms with Crippen LogP contribution in [0.15, 0.2) is 63.9 Å². The fourth-order valence-electron chi connectivity index (χ4n) is 3.08. The lowest BCUT2D eigenvalue weighted by Crippen LogP contribution is -2.24. The second-order valence-corrected chi connectivity index (χ2v) is 8.93. The van der Waals surface area contributed by atoms with Gasteiger partial charge in [-0.05, 0) is 53.8 Å². The third-order valence-electron chi connectivity index (χ3n) is 4.82. The molecule has 0 saturated carbocycles. The number of nitrogens with one attached hydrogen (secondary N) is 1. The van der Waals surface area contributed by atoms with Crippen molar-refractivity contribution in [1.82, 2.24) is 9.55 Å². The number of thiophene rings is 1. The number of amides is 1. The van der Waals surface area contributed by atoms with Crippen molar-refractivity contribution in [2.45, 2.75) is 18.6 Å². The van der Waals surface area contributed by atoms with Crippen LogP contribution in [0, 0.1) is 12.7 Å². The highest BCUT2D eigenvalue weighted by atomic mass is 32.2. The van der Waals surface area contributed by atoms with E-state index in [-0.39, 0.29) is 23.0 Å². The predicted molar refractivity (Wildman–Crippen MR) is 126 cm³/mol. The molecular weight excluding hydrogens is 449 g/mol. The number of nitrogens with zero attached hydrogens (tertiary/aromatic N) is 2. The standard InChI is InChI=1S/C23H20FN3O3S2/c1-14-3-6-16(11-18(14)24)25-20(28)13-32-23-26-19-9-10-31-21(19)22(29)27(23)12-15-4-7-17(30-2)8-5-15/h3-11H,12-13H2,1-2H3,(H,25,28). The highest BCUT2D eigenvalue weighted by Gasteiger charge is 2.15. The largest absolute Gasteiger partial charge is 0.497 e. The van der Waals surface area contributed by atoms with Crippen LogP contribution in [0.4, 0.5) is 10.1 Å². The van der Waals surface area contributed by atoms with Gasteiger partial charge in [0.1, 0.15) is 16.3 Å². The van der Waals surface area contributed by atoms with Crippen molar-refractivity contribution in [3.05, 3.63) is 81.2 Å². The molecule has 0 atom stereocenters. The molecule has 0 unspecified atom stereocenters. The van der Waals surface area contributed by atoms with E-state index >= 15 is 0 Å². The number of thioether (sulfide) groups is 1. The molecule has 0 saturated heterocycles. The first-order chi connectivity index (χ1) is 15.4. The Kier molecular flexibility index (Phi) is 6.57. The van der Waals surface area contributed by atoms with E-state index in [1.165, 1.54) is 29.2 Å². The molecule has 4 aromatic rings. The average molecular weight is 470 g/mol. The van der Waals surface area contributed by atoms with Crippen LogP contribution in [0.3, 0.4) is 0 Å². The summed E-state index contributed by atoms with van der Waals surface area (Å²) >= 11 is 2.51. The SMILES string of the molecule is COc1ccc(Cn2c(SCC(=O)Nc3ccc(C)c(F)c3)nc3ccsc3c2=O)cc1. The Morgan fingerprint density at radius 3 is 2.72 bits per heavy atom. The number of hydrogen-bond acceptors (Lipinski definition) is 6. The van der Waals surface area contributed by atoms with Gasteiger partial charge in [0.15, 0.2) is 5.16 Å². The van der Waals surface area contributed by atoms with Gasteiger partial charge in [-0.3, -0.25) is 14.2 Å². The van der Waals surface area contributed by atoms with Crippen LogP contribution < -0.4 is 15.6 Å². The molecule has 0 spiro atoms. The smallest absolute Gasteiger partial charge is 0.272 e. The summed E-state index contributed by atoms with van der Waals surface area (Å²) in [4.78, 5) is 30.1. The van der Waals surface area contributed by atoms with E-state index in [1.54, 1.807) is 36.8 Å². The third-order valence-corrected chi connectivity index (χ3v) is 6.69. The molecule has 2 aromatic carbocycles. The molecule has 0 radical (unpaired) electrons. The molecule has 6 nitrogen and oxygen atoms in total. The minimum Gasteiger partial charge on any atom is -0.497 e. The molecule has 0 aliphatic carbocycles. The zero-order valence-electron chi connectivity index (χ0n) is 17.4. The van der Waals surface area contributed by atoms with Crippen LogP contribution in [-0.2, 0) is 11.3 Å². The minimum atomic E-state index is -0.381. The number of anilines is 1. The Balaban J connectivity index is 1.56. The van der Waals surface area contributed by atoms with Gasteiger partial charge in [-0.15, -0.1) is 11.3 Å². The topological polar surface area (TPSA) is 73.2 Å². The number of methoxy groups -OCH3 is 1. The number of rotatable bonds is 7. The first-order valence-corrected chi connectivity index (χ1v) is 11.6. The van der Waals surface area contributed by atoms with Gasteiger partial charge < -0.3 is 10.1 Å². The van der Waals surface area contributed by atoms with E-state index in [0.29, 0.717) is 33.2 Å². The highest BCUT2D eigenvalue weighted by Crippen LogP contribution is 2.23. The van der Waals surface area contributed by atoms with Gasteiger partial charge in [0, 0.05) is 5.69 Å². The lowest BCUT2D eigenvalue weighted by molar-refractivity contribution is -0.113. The van der Waals surface area contributed by atoms with Crippen LogP contribution in [0.1, 0.15) is 11.1 Å². The molecule has 0 bridgehead atoms. The summed E-state index contributed by atoms with van der Waals surface area (Å²) in [7, 11) is 1.60. The third kappa shape index (κ3) is 4.84. The van der Waals surface area contributed by atoms with Gasteiger partial charge >= 0.3 is 0 Å². The molecule has 1 N–H and O–H groups in total. The van der Waals surface area contributed by atoms with E-state index in [4.69, 9.17) is 4.74 Å². The summed E-state index contributed by atoms with van der Waals surface area (Å²) in [5.41, 5.74) is 2.26. The Bertz CT molecular complexity index is 1330. The first kappa shape index (κ1) is 22.0. The molecule has 9 heteroatoms. The second-order valence-electron chi connectivity index (χ2n) is 7.07. The van der Waals surface area contributed by atoms with Crippen LogP contribution in [0.2, 0.25) is 0 Å². The van der Waals surface area contributed by atoms with Gasteiger partial charge in [0.25, 0.3) is 5.56 Å². The summed E-state index contributed by atoms with van der Waals surface area (Å²) in [6.07, 6.45) is 0. The van der Waals surface area contributed by atoms with E-state index in [9.17, 15) is 14.0 Å². The maximum absolute atomic E-state index is 13.7. The number of benzene rings is 2. The average Bonchev–Trinajstić information content (AvgIpc) is 3.26. The lowest BCUT2D eigenvalue weighted by atomic mass is 10.2. The Labute approximate surface area is 192 Å². The van der Waals surface area contributed by atoms with Crippen LogP contribution >= 0.6 is 23.1 Å². The van der Waals surface area contributed by atoms with Gasteiger partial charge in [0.2, 0.25) is 5.91 Å². The fourth-order valence-corrected chi connectivity index (χ4v) is 4.66. The summed E-state index contributed by atoms with van der Waals surface area (Å²) in [5.74, 6) is 0.0641. The molecular formula is C23H20FN3O3S2. The maximum atomic E-state index is 13.7. The van der Waals surface area contributed by atoms with Crippen molar-refractivity contribution in [2.24, 2.45) is 0 Å². The number of hydrogen-bond donors (Lipinski definition) is 1. The molecule has 0 aliphatic heterocycles. The van der Waals surface area contributed by atoms with E-state index in [1.807, 2.05) is 29.6 Å². The number of fused-ring (bicyclic) bond motifs is 1. The summed E-state index contributed by atoms with van der Waals surface area (Å²) in [6, 6.07) is 13.8. The Hall–Kier alpha value is -3.17. The van der Waals surface area contributed by atoms with Crippen molar-refractivity contribution < 1.29 is 13.9 Å². The number of aryl methyl sites for hydroxylation is 1. The Morgan fingerprint density at radius 1 is 1.22 bits per heavy atom. The zero-order chi connectivity index (χ0) is 22.7. The van der Waals surface area contributed by atoms with Gasteiger partial charge in [-0.25, -0.2) is 9.37 Å².